The van der Waals surface area contributed by atoms with Crippen LogP contribution in [0.1, 0.15) is 35.1 Å². The Kier molecular flexibility index (Phi) is 3.39. The largest absolute Gasteiger partial charge is 0.478 e. The molecule has 0 bridgehead atoms. The third-order valence-electron chi connectivity index (χ3n) is 2.99. The lowest BCUT2D eigenvalue weighted by Gasteiger charge is -2.04. The Morgan fingerprint density at radius 1 is 1.50 bits per heavy atom. The summed E-state index contributed by atoms with van der Waals surface area (Å²) in [4.78, 5) is 11.5. The van der Waals surface area contributed by atoms with Crippen molar-refractivity contribution in [3.63, 3.8) is 0 Å². The van der Waals surface area contributed by atoms with Crippen molar-refractivity contribution in [3.05, 3.63) is 35.4 Å². The monoisotopic (exact) mass is 294 g/mol. The minimum atomic E-state index is -1.27. The Labute approximate surface area is 118 Å². The van der Waals surface area contributed by atoms with Gasteiger partial charge in [0.05, 0.1) is 17.4 Å². The van der Waals surface area contributed by atoms with Crippen molar-refractivity contribution >= 4 is 17.7 Å². The van der Waals surface area contributed by atoms with Gasteiger partial charge >= 0.3 is 5.97 Å². The average molecular weight is 294 g/mol. The number of hydrogen-bond donors (Lipinski definition) is 1. The molecule has 1 aromatic heterocycles. The molecule has 2 aromatic rings. The molecule has 1 N–H and O–H groups in total. The number of aromatic carboxylic acids is 1. The number of rotatable bonds is 5. The molecule has 0 unspecified atom stereocenters. The number of halogens is 1. The van der Waals surface area contributed by atoms with E-state index in [9.17, 15) is 9.18 Å². The standard InChI is InChI=1S/C12H11FN4O2S/c13-10-4-3-8(5-9(10)12(18)19)20-6-11-14-15-16-17(11)7-1-2-7/h3-5,7H,1-2,6H2,(H,18,19). The number of tetrazole rings is 1. The number of nitrogens with zero attached hydrogens (tertiary/aromatic N) is 4. The van der Waals surface area contributed by atoms with Gasteiger partial charge in [0.25, 0.3) is 0 Å². The van der Waals surface area contributed by atoms with Crippen LogP contribution in [0.3, 0.4) is 0 Å². The van der Waals surface area contributed by atoms with Gasteiger partial charge in [-0.2, -0.15) is 0 Å². The average Bonchev–Trinajstić information content (AvgIpc) is 3.16. The van der Waals surface area contributed by atoms with Crippen molar-refractivity contribution in [2.45, 2.75) is 29.5 Å². The van der Waals surface area contributed by atoms with E-state index in [1.165, 1.54) is 17.8 Å². The van der Waals surface area contributed by atoms with Crippen LogP contribution >= 0.6 is 11.8 Å². The van der Waals surface area contributed by atoms with Crippen molar-refractivity contribution in [1.82, 2.24) is 20.2 Å². The minimum absolute atomic E-state index is 0.322. The number of thioether (sulfide) groups is 1. The van der Waals surface area contributed by atoms with Crippen LogP contribution in [0.2, 0.25) is 0 Å². The molecule has 0 atom stereocenters. The van der Waals surface area contributed by atoms with Gasteiger partial charge in [-0.1, -0.05) is 0 Å². The van der Waals surface area contributed by atoms with E-state index < -0.39 is 11.8 Å². The van der Waals surface area contributed by atoms with E-state index in [4.69, 9.17) is 5.11 Å². The number of carbonyl (C=O) groups is 1. The van der Waals surface area contributed by atoms with Gasteiger partial charge in [-0.3, -0.25) is 0 Å². The zero-order chi connectivity index (χ0) is 14.1. The summed E-state index contributed by atoms with van der Waals surface area (Å²) in [6, 6.07) is 4.43. The van der Waals surface area contributed by atoms with Crippen molar-refractivity contribution in [3.8, 4) is 0 Å². The summed E-state index contributed by atoms with van der Waals surface area (Å²) in [7, 11) is 0. The van der Waals surface area contributed by atoms with Gasteiger partial charge in [0.15, 0.2) is 5.82 Å². The lowest BCUT2D eigenvalue weighted by Crippen LogP contribution is -2.03. The third-order valence-corrected chi connectivity index (χ3v) is 3.98. The molecule has 104 valence electrons. The summed E-state index contributed by atoms with van der Waals surface area (Å²) in [5.41, 5.74) is -0.322. The summed E-state index contributed by atoms with van der Waals surface area (Å²) in [5, 5.41) is 20.4. The molecular weight excluding hydrogens is 283 g/mol. The maximum atomic E-state index is 13.3. The molecule has 1 aromatic carbocycles. The molecule has 20 heavy (non-hydrogen) atoms. The summed E-state index contributed by atoms with van der Waals surface area (Å²) < 4.78 is 15.1. The van der Waals surface area contributed by atoms with Crippen LogP contribution in [0.25, 0.3) is 0 Å². The highest BCUT2D eigenvalue weighted by Crippen LogP contribution is 2.35. The molecule has 0 saturated heterocycles. The lowest BCUT2D eigenvalue weighted by molar-refractivity contribution is 0.0691. The number of carboxylic acid groups (broad SMARTS) is 1. The SMILES string of the molecule is O=C(O)c1cc(SCc2nnnn2C2CC2)ccc1F. The lowest BCUT2D eigenvalue weighted by atomic mass is 10.2. The van der Waals surface area contributed by atoms with E-state index in [1.807, 2.05) is 0 Å². The number of benzene rings is 1. The molecule has 0 radical (unpaired) electrons. The van der Waals surface area contributed by atoms with Crippen LogP contribution in [-0.2, 0) is 5.75 Å². The summed E-state index contributed by atoms with van der Waals surface area (Å²) in [6.45, 7) is 0. The molecule has 6 nitrogen and oxygen atoms in total. The summed E-state index contributed by atoms with van der Waals surface area (Å²) in [6.07, 6.45) is 2.17. The molecule has 0 amide bonds. The molecule has 1 heterocycles. The van der Waals surface area contributed by atoms with E-state index in [0.29, 0.717) is 16.7 Å². The fraction of sp³-hybridized carbons (Fsp3) is 0.333. The third kappa shape index (κ3) is 2.64. The second-order valence-corrected chi connectivity index (χ2v) is 5.56. The Morgan fingerprint density at radius 2 is 2.30 bits per heavy atom. The summed E-state index contributed by atoms with van der Waals surface area (Å²) >= 11 is 1.38. The van der Waals surface area contributed by atoms with E-state index in [2.05, 4.69) is 15.5 Å². The van der Waals surface area contributed by atoms with Crippen LogP contribution in [0.4, 0.5) is 4.39 Å². The molecule has 0 spiro atoms. The fourth-order valence-electron chi connectivity index (χ4n) is 1.82. The molecular formula is C12H11FN4O2S. The Hall–Kier alpha value is -1.96. The van der Waals surface area contributed by atoms with Gasteiger partial charge in [-0.15, -0.1) is 16.9 Å². The van der Waals surface area contributed by atoms with Crippen LogP contribution in [0.15, 0.2) is 23.1 Å². The van der Waals surface area contributed by atoms with E-state index in [0.717, 1.165) is 24.7 Å². The Bertz CT molecular complexity index is 657. The highest BCUT2D eigenvalue weighted by atomic mass is 32.2. The van der Waals surface area contributed by atoms with E-state index in [1.54, 1.807) is 10.7 Å². The van der Waals surface area contributed by atoms with Crippen LogP contribution in [0.5, 0.6) is 0 Å². The predicted molar refractivity (Wildman–Crippen MR) is 69.0 cm³/mol. The van der Waals surface area contributed by atoms with Crippen LogP contribution < -0.4 is 0 Å². The van der Waals surface area contributed by atoms with Crippen LogP contribution in [0, 0.1) is 5.82 Å². The smallest absolute Gasteiger partial charge is 0.338 e. The maximum absolute atomic E-state index is 13.3. The molecule has 3 rings (SSSR count). The zero-order valence-electron chi connectivity index (χ0n) is 10.4. The zero-order valence-corrected chi connectivity index (χ0v) is 11.2. The van der Waals surface area contributed by atoms with Gasteiger partial charge in [-0.05, 0) is 41.5 Å². The van der Waals surface area contributed by atoms with Gasteiger partial charge in [-0.25, -0.2) is 13.9 Å². The normalized spacial score (nSPS) is 14.4. The second-order valence-electron chi connectivity index (χ2n) is 4.51. The topological polar surface area (TPSA) is 80.9 Å². The first-order valence-electron chi connectivity index (χ1n) is 6.07. The summed E-state index contributed by atoms with van der Waals surface area (Å²) in [5.74, 6) is -0.732. The molecule has 8 heteroatoms. The molecule has 0 aliphatic heterocycles. The molecule has 1 fully saturated rings. The number of hydrogen-bond acceptors (Lipinski definition) is 5. The number of aromatic nitrogens is 4. The first-order valence-corrected chi connectivity index (χ1v) is 7.06. The van der Waals surface area contributed by atoms with E-state index >= 15 is 0 Å². The Morgan fingerprint density at radius 3 is 3.00 bits per heavy atom. The first kappa shape index (κ1) is 13.0. The Balaban J connectivity index is 1.73. The van der Waals surface area contributed by atoms with Gasteiger partial charge in [0, 0.05) is 4.90 Å². The highest BCUT2D eigenvalue weighted by Gasteiger charge is 2.27. The van der Waals surface area contributed by atoms with Gasteiger partial charge in [0.1, 0.15) is 5.82 Å². The van der Waals surface area contributed by atoms with Crippen molar-refractivity contribution in [1.29, 1.82) is 0 Å². The quantitative estimate of drug-likeness (QED) is 0.851. The van der Waals surface area contributed by atoms with Crippen molar-refractivity contribution in [2.75, 3.05) is 0 Å². The van der Waals surface area contributed by atoms with Gasteiger partial charge < -0.3 is 5.11 Å². The highest BCUT2D eigenvalue weighted by molar-refractivity contribution is 7.98. The molecule has 1 aliphatic rings. The van der Waals surface area contributed by atoms with E-state index in [-0.39, 0.29) is 5.56 Å². The van der Waals surface area contributed by atoms with Gasteiger partial charge in [0.2, 0.25) is 0 Å². The predicted octanol–water partition coefficient (Wildman–Crippen LogP) is 2.14. The number of carboxylic acids is 1. The second kappa shape index (κ2) is 5.20. The maximum Gasteiger partial charge on any atom is 0.338 e. The fourth-order valence-corrected chi connectivity index (χ4v) is 2.67. The van der Waals surface area contributed by atoms with Crippen molar-refractivity contribution < 1.29 is 14.3 Å². The minimum Gasteiger partial charge on any atom is -0.478 e. The molecule has 1 aliphatic carbocycles. The first-order chi connectivity index (χ1) is 9.65. The molecule has 1 saturated carbocycles. The van der Waals surface area contributed by atoms with Crippen molar-refractivity contribution in [2.24, 2.45) is 0 Å². The van der Waals surface area contributed by atoms with Crippen LogP contribution in [-0.4, -0.2) is 31.3 Å².